The van der Waals surface area contributed by atoms with E-state index in [1.54, 1.807) is 29.5 Å². The van der Waals surface area contributed by atoms with Crippen LogP contribution in [0.5, 0.6) is 0 Å². The Hall–Kier alpha value is -1.78. The molecule has 0 aliphatic heterocycles. The van der Waals surface area contributed by atoms with Crippen molar-refractivity contribution in [3.05, 3.63) is 63.2 Å². The fraction of sp³-hybridized carbons (Fsp3) is 0. The number of aromatic amines is 1. The predicted molar refractivity (Wildman–Crippen MR) is 74.7 cm³/mol. The van der Waals surface area contributed by atoms with Crippen LogP contribution in [0, 0.1) is 0 Å². The molecule has 3 rings (SSSR count). The van der Waals surface area contributed by atoms with Crippen LogP contribution in [0.4, 0.5) is 0 Å². The topological polar surface area (TPSA) is 37.8 Å². The van der Waals surface area contributed by atoms with Crippen molar-refractivity contribution >= 4 is 22.9 Å². The fourth-order valence-corrected chi connectivity index (χ4v) is 2.64. The van der Waals surface area contributed by atoms with E-state index >= 15 is 0 Å². The van der Waals surface area contributed by atoms with Gasteiger partial charge in [-0.3, -0.25) is 9.89 Å². The van der Waals surface area contributed by atoms with Gasteiger partial charge in [0.25, 0.3) is 5.56 Å². The Balaban J connectivity index is 2.12. The molecule has 5 heteroatoms. The number of halogens is 1. The van der Waals surface area contributed by atoms with Crippen molar-refractivity contribution in [1.82, 2.24) is 9.78 Å². The first-order valence-corrected chi connectivity index (χ1v) is 6.62. The third kappa shape index (κ3) is 2.00. The lowest BCUT2D eigenvalue weighted by Gasteiger charge is -2.01. The number of aromatic nitrogens is 2. The molecule has 0 aliphatic carbocycles. The molecule has 0 aliphatic rings. The zero-order valence-corrected chi connectivity index (χ0v) is 10.8. The predicted octanol–water partition coefficient (Wildman–Crippen LogP) is 3.55. The summed E-state index contributed by atoms with van der Waals surface area (Å²) in [7, 11) is 0. The van der Waals surface area contributed by atoms with Crippen LogP contribution < -0.4 is 5.56 Å². The third-order valence-corrected chi connectivity index (χ3v) is 3.71. The molecule has 1 aromatic carbocycles. The van der Waals surface area contributed by atoms with Crippen LogP contribution in [0.3, 0.4) is 0 Å². The molecule has 3 nitrogen and oxygen atoms in total. The number of benzene rings is 1. The summed E-state index contributed by atoms with van der Waals surface area (Å²) in [5, 5.41) is 5.66. The number of nitrogens with zero attached hydrogens (tertiary/aromatic N) is 1. The average Bonchev–Trinajstić information content (AvgIpc) is 2.97. The summed E-state index contributed by atoms with van der Waals surface area (Å²) in [6.45, 7) is 0. The van der Waals surface area contributed by atoms with Gasteiger partial charge in [0.2, 0.25) is 0 Å². The van der Waals surface area contributed by atoms with Crippen molar-refractivity contribution in [3.8, 4) is 16.3 Å². The molecule has 0 atom stereocenters. The van der Waals surface area contributed by atoms with Gasteiger partial charge >= 0.3 is 0 Å². The van der Waals surface area contributed by atoms with E-state index in [1.165, 1.54) is 4.68 Å². The zero-order valence-electron chi connectivity index (χ0n) is 9.26. The van der Waals surface area contributed by atoms with Crippen LogP contribution in [0.2, 0.25) is 5.02 Å². The van der Waals surface area contributed by atoms with Gasteiger partial charge in [-0.25, -0.2) is 4.68 Å². The van der Waals surface area contributed by atoms with E-state index < -0.39 is 0 Å². The largest absolute Gasteiger partial charge is 0.289 e. The second-order valence-electron chi connectivity index (χ2n) is 3.80. The summed E-state index contributed by atoms with van der Waals surface area (Å²) < 4.78 is 1.49. The summed E-state index contributed by atoms with van der Waals surface area (Å²) in [6.07, 6.45) is 0. The normalized spacial score (nSPS) is 10.7. The summed E-state index contributed by atoms with van der Waals surface area (Å²) >= 11 is 7.51. The van der Waals surface area contributed by atoms with Crippen molar-refractivity contribution < 1.29 is 0 Å². The van der Waals surface area contributed by atoms with Gasteiger partial charge in [0, 0.05) is 11.1 Å². The molecule has 2 aromatic heterocycles. The van der Waals surface area contributed by atoms with Crippen LogP contribution in [-0.4, -0.2) is 9.78 Å². The lowest BCUT2D eigenvalue weighted by molar-refractivity contribution is 0.853. The Morgan fingerprint density at radius 1 is 1.17 bits per heavy atom. The van der Waals surface area contributed by atoms with Gasteiger partial charge in [-0.05, 0) is 29.6 Å². The van der Waals surface area contributed by atoms with E-state index in [0.717, 1.165) is 16.3 Å². The molecular formula is C13H9ClN2OS. The highest BCUT2D eigenvalue weighted by molar-refractivity contribution is 7.13. The lowest BCUT2D eigenvalue weighted by atomic mass is 10.3. The Morgan fingerprint density at radius 3 is 2.78 bits per heavy atom. The van der Waals surface area contributed by atoms with Gasteiger partial charge < -0.3 is 0 Å². The van der Waals surface area contributed by atoms with E-state index in [9.17, 15) is 4.79 Å². The highest BCUT2D eigenvalue weighted by atomic mass is 35.5. The summed E-state index contributed by atoms with van der Waals surface area (Å²) in [5.41, 5.74) is 1.45. The number of H-pyrrole nitrogens is 1. The molecule has 0 saturated carbocycles. The van der Waals surface area contributed by atoms with Gasteiger partial charge in [-0.2, -0.15) is 0 Å². The highest BCUT2D eigenvalue weighted by Gasteiger charge is 2.07. The third-order valence-electron chi connectivity index (χ3n) is 2.57. The number of nitrogens with one attached hydrogen (secondary N) is 1. The van der Waals surface area contributed by atoms with Crippen LogP contribution in [-0.2, 0) is 0 Å². The first kappa shape index (κ1) is 11.3. The monoisotopic (exact) mass is 276 g/mol. The summed E-state index contributed by atoms with van der Waals surface area (Å²) in [5.74, 6) is 0. The van der Waals surface area contributed by atoms with Crippen molar-refractivity contribution in [2.75, 3.05) is 0 Å². The minimum absolute atomic E-state index is 0.0966. The average molecular weight is 277 g/mol. The van der Waals surface area contributed by atoms with Crippen molar-refractivity contribution in [2.24, 2.45) is 0 Å². The van der Waals surface area contributed by atoms with Gasteiger partial charge in [0.05, 0.1) is 16.3 Å². The molecule has 2 heterocycles. The first-order chi connectivity index (χ1) is 8.74. The van der Waals surface area contributed by atoms with Crippen molar-refractivity contribution in [3.63, 3.8) is 0 Å². The second kappa shape index (κ2) is 4.48. The molecule has 0 radical (unpaired) electrons. The van der Waals surface area contributed by atoms with Gasteiger partial charge in [-0.1, -0.05) is 23.7 Å². The Bertz CT molecular complexity index is 728. The smallest absolute Gasteiger partial charge is 0.271 e. The maximum absolute atomic E-state index is 11.9. The molecule has 0 bridgehead atoms. The number of hydrogen-bond donors (Lipinski definition) is 1. The molecule has 0 amide bonds. The van der Waals surface area contributed by atoms with Crippen LogP contribution in [0.1, 0.15) is 0 Å². The molecule has 0 fully saturated rings. The summed E-state index contributed by atoms with van der Waals surface area (Å²) in [4.78, 5) is 13.0. The maximum Gasteiger partial charge on any atom is 0.271 e. The molecule has 90 valence electrons. The minimum Gasteiger partial charge on any atom is -0.289 e. The van der Waals surface area contributed by atoms with E-state index in [1.807, 2.05) is 29.6 Å². The van der Waals surface area contributed by atoms with Crippen molar-refractivity contribution in [2.45, 2.75) is 0 Å². The van der Waals surface area contributed by atoms with Crippen LogP contribution in [0.15, 0.2) is 52.6 Å². The van der Waals surface area contributed by atoms with Crippen LogP contribution >= 0.6 is 22.9 Å². The summed E-state index contributed by atoms with van der Waals surface area (Å²) in [6, 6.07) is 12.7. The van der Waals surface area contributed by atoms with Gasteiger partial charge in [0.1, 0.15) is 0 Å². The number of hydrogen-bond acceptors (Lipinski definition) is 2. The Morgan fingerprint density at radius 2 is 2.06 bits per heavy atom. The number of rotatable bonds is 2. The Kier molecular flexibility index (Phi) is 2.81. The van der Waals surface area contributed by atoms with E-state index in [-0.39, 0.29) is 5.56 Å². The molecule has 1 N–H and O–H groups in total. The number of thiophene rings is 1. The van der Waals surface area contributed by atoms with Crippen LogP contribution in [0.25, 0.3) is 16.3 Å². The van der Waals surface area contributed by atoms with E-state index in [2.05, 4.69) is 5.10 Å². The second-order valence-corrected chi connectivity index (χ2v) is 5.18. The zero-order chi connectivity index (χ0) is 12.5. The molecule has 0 unspecified atom stereocenters. The SMILES string of the molecule is O=c1cc(-c2cccs2)[nH]n1-c1cccc(Cl)c1. The van der Waals surface area contributed by atoms with E-state index in [0.29, 0.717) is 5.02 Å². The highest BCUT2D eigenvalue weighted by Crippen LogP contribution is 2.22. The molecule has 3 aromatic rings. The standard InChI is InChI=1S/C13H9ClN2OS/c14-9-3-1-4-10(7-9)16-13(17)8-11(15-16)12-5-2-6-18-12/h1-8,15H. The fourth-order valence-electron chi connectivity index (χ4n) is 1.76. The maximum atomic E-state index is 11.9. The van der Waals surface area contributed by atoms with Crippen molar-refractivity contribution in [1.29, 1.82) is 0 Å². The van der Waals surface area contributed by atoms with Gasteiger partial charge in [0.15, 0.2) is 0 Å². The Labute approximate surface area is 112 Å². The molecule has 0 saturated heterocycles. The lowest BCUT2D eigenvalue weighted by Crippen LogP contribution is -2.13. The molecular weight excluding hydrogens is 268 g/mol. The van der Waals surface area contributed by atoms with E-state index in [4.69, 9.17) is 11.6 Å². The molecule has 18 heavy (non-hydrogen) atoms. The quantitative estimate of drug-likeness (QED) is 0.764. The molecule has 0 spiro atoms. The van der Waals surface area contributed by atoms with Gasteiger partial charge in [-0.15, -0.1) is 11.3 Å². The first-order valence-electron chi connectivity index (χ1n) is 5.36. The minimum atomic E-state index is -0.0966.